The number of benzene rings is 1. The van der Waals surface area contributed by atoms with Crippen molar-refractivity contribution in [3.63, 3.8) is 0 Å². The van der Waals surface area contributed by atoms with Gasteiger partial charge in [0.1, 0.15) is 11.8 Å². The van der Waals surface area contributed by atoms with Crippen molar-refractivity contribution in [3.05, 3.63) is 29.8 Å². The summed E-state index contributed by atoms with van der Waals surface area (Å²) in [5.74, 6) is -1.34. The molecule has 1 aromatic carbocycles. The summed E-state index contributed by atoms with van der Waals surface area (Å²) in [6, 6.07) is 5.24. The summed E-state index contributed by atoms with van der Waals surface area (Å²) in [5.41, 5.74) is 0.735. The van der Waals surface area contributed by atoms with E-state index in [1.165, 1.54) is 19.1 Å². The van der Waals surface area contributed by atoms with Gasteiger partial charge >= 0.3 is 57.4 Å². The number of nitrogens with one attached hydrogen (secondary N) is 1. The summed E-state index contributed by atoms with van der Waals surface area (Å²) in [5, 5.41) is 20.3. The Morgan fingerprint density at radius 3 is 2.24 bits per heavy atom. The first-order chi connectivity index (χ1) is 7.49. The zero-order chi connectivity index (χ0) is 12.1. The fourth-order valence-electron chi connectivity index (χ4n) is 1.31. The first-order valence-corrected chi connectivity index (χ1v) is 4.77. The first-order valence-electron chi connectivity index (χ1n) is 4.77. The third-order valence-corrected chi connectivity index (χ3v) is 2.05. The van der Waals surface area contributed by atoms with Gasteiger partial charge in [0.25, 0.3) is 0 Å². The van der Waals surface area contributed by atoms with Crippen LogP contribution in [0.4, 0.5) is 0 Å². The monoisotopic (exact) mass is 263 g/mol. The molecule has 0 saturated carbocycles. The maximum absolute atomic E-state index is 10.8. The van der Waals surface area contributed by atoms with Crippen LogP contribution in [0, 0.1) is 0 Å². The van der Waals surface area contributed by atoms with Crippen LogP contribution in [0.1, 0.15) is 12.5 Å². The molecule has 0 aliphatic rings. The van der Waals surface area contributed by atoms with Crippen molar-refractivity contribution in [2.75, 3.05) is 0 Å². The number of rotatable bonds is 4. The van der Waals surface area contributed by atoms with Crippen molar-refractivity contribution in [1.82, 2.24) is 5.32 Å². The maximum atomic E-state index is 10.8. The number of carboxylic acids is 1. The molecule has 0 unspecified atom stereocenters. The second-order valence-electron chi connectivity index (χ2n) is 3.46. The molecule has 0 fully saturated rings. The molecule has 1 amide bonds. The van der Waals surface area contributed by atoms with E-state index in [9.17, 15) is 9.59 Å². The van der Waals surface area contributed by atoms with E-state index in [1.807, 2.05) is 0 Å². The van der Waals surface area contributed by atoms with E-state index in [2.05, 4.69) is 5.32 Å². The van der Waals surface area contributed by atoms with E-state index in [0.717, 1.165) is 5.56 Å². The molecule has 6 heteroatoms. The van der Waals surface area contributed by atoms with Crippen LogP contribution < -0.4 is 5.32 Å². The predicted molar refractivity (Wildman–Crippen MR) is 64.2 cm³/mol. The number of carbonyl (C=O) groups excluding carboxylic acids is 1. The number of aliphatic carboxylic acids is 1. The molecule has 0 aliphatic heterocycles. The Kier molecular flexibility index (Phi) is 7.65. The van der Waals surface area contributed by atoms with Crippen LogP contribution in [0.5, 0.6) is 5.75 Å². The van der Waals surface area contributed by atoms with Gasteiger partial charge in [-0.1, -0.05) is 12.1 Å². The number of carboxylic acid groups (broad SMARTS) is 1. The van der Waals surface area contributed by atoms with Crippen LogP contribution >= 0.6 is 0 Å². The first kappa shape index (κ1) is 16.6. The van der Waals surface area contributed by atoms with Crippen LogP contribution in [0.15, 0.2) is 24.3 Å². The fraction of sp³-hybridized carbons (Fsp3) is 0.273. The van der Waals surface area contributed by atoms with Gasteiger partial charge in [0.05, 0.1) is 0 Å². The molecule has 88 valence electrons. The molecule has 3 N–H and O–H groups in total. The second kappa shape index (κ2) is 7.83. The van der Waals surface area contributed by atoms with Gasteiger partial charge < -0.3 is 15.5 Å². The Balaban J connectivity index is 0.00000256. The SMILES string of the molecule is CC(=O)N[C@@H](Cc1ccc(O)cc1)C(=O)O.[KH]. The molecule has 0 aromatic heterocycles. The second-order valence-corrected chi connectivity index (χ2v) is 3.46. The van der Waals surface area contributed by atoms with Crippen LogP contribution in [0.2, 0.25) is 0 Å². The fourth-order valence-corrected chi connectivity index (χ4v) is 1.31. The Labute approximate surface area is 142 Å². The van der Waals surface area contributed by atoms with Gasteiger partial charge in [0.15, 0.2) is 0 Å². The molecule has 0 saturated heterocycles. The summed E-state index contributed by atoms with van der Waals surface area (Å²) >= 11 is 0. The summed E-state index contributed by atoms with van der Waals surface area (Å²) in [4.78, 5) is 21.6. The summed E-state index contributed by atoms with van der Waals surface area (Å²) in [6.45, 7) is 1.27. The van der Waals surface area contributed by atoms with Gasteiger partial charge in [0.2, 0.25) is 5.91 Å². The zero-order valence-electron chi connectivity index (χ0n) is 8.80. The van der Waals surface area contributed by atoms with E-state index < -0.39 is 12.0 Å². The van der Waals surface area contributed by atoms with Gasteiger partial charge in [-0.15, -0.1) is 0 Å². The van der Waals surface area contributed by atoms with Gasteiger partial charge in [-0.2, -0.15) is 0 Å². The third-order valence-electron chi connectivity index (χ3n) is 2.05. The summed E-state index contributed by atoms with van der Waals surface area (Å²) in [6.07, 6.45) is 0.190. The van der Waals surface area contributed by atoms with Crippen molar-refractivity contribution in [2.45, 2.75) is 19.4 Å². The molecule has 0 aliphatic carbocycles. The number of phenols is 1. The van der Waals surface area contributed by atoms with E-state index in [0.29, 0.717) is 0 Å². The molecule has 1 atom stereocenters. The van der Waals surface area contributed by atoms with E-state index in [4.69, 9.17) is 10.2 Å². The Morgan fingerprint density at radius 1 is 1.29 bits per heavy atom. The summed E-state index contributed by atoms with van der Waals surface area (Å²) < 4.78 is 0. The molecule has 17 heavy (non-hydrogen) atoms. The zero-order valence-corrected chi connectivity index (χ0v) is 8.80. The third kappa shape index (κ3) is 6.18. The quantitative estimate of drug-likeness (QED) is 0.661. The van der Waals surface area contributed by atoms with Crippen molar-refractivity contribution in [2.24, 2.45) is 0 Å². The van der Waals surface area contributed by atoms with Crippen LogP contribution in [-0.4, -0.2) is 79.5 Å². The molecule has 0 heterocycles. The van der Waals surface area contributed by atoms with Crippen LogP contribution in [-0.2, 0) is 16.0 Å². The molecular weight excluding hydrogens is 249 g/mol. The van der Waals surface area contributed by atoms with E-state index in [-0.39, 0.29) is 69.5 Å². The van der Waals surface area contributed by atoms with Gasteiger partial charge in [-0.3, -0.25) is 4.79 Å². The average molecular weight is 263 g/mol. The Bertz CT molecular complexity index is 391. The standard InChI is InChI=1S/C11H13NO4.K.H/c1-7(13)12-10(11(15)16)6-8-2-4-9(14)5-3-8;;/h2-5,10,14H,6H2,1H3,(H,12,13)(H,15,16);;/t10-;;/m0../s1. The van der Waals surface area contributed by atoms with Crippen molar-refractivity contribution in [3.8, 4) is 5.75 Å². The molecule has 0 radical (unpaired) electrons. The average Bonchev–Trinajstić information content (AvgIpc) is 2.19. The van der Waals surface area contributed by atoms with E-state index >= 15 is 0 Å². The molecule has 1 aromatic rings. The number of amides is 1. The Hall–Kier alpha value is -0.404. The number of carbonyl (C=O) groups is 2. The summed E-state index contributed by atoms with van der Waals surface area (Å²) in [7, 11) is 0. The predicted octanol–water partition coefficient (Wildman–Crippen LogP) is -0.125. The van der Waals surface area contributed by atoms with Crippen molar-refractivity contribution in [1.29, 1.82) is 0 Å². The molecule has 5 nitrogen and oxygen atoms in total. The van der Waals surface area contributed by atoms with Crippen LogP contribution in [0.3, 0.4) is 0 Å². The minimum absolute atomic E-state index is 0. The molecule has 0 spiro atoms. The van der Waals surface area contributed by atoms with Gasteiger partial charge in [0, 0.05) is 13.3 Å². The van der Waals surface area contributed by atoms with Crippen LogP contribution in [0.25, 0.3) is 0 Å². The van der Waals surface area contributed by atoms with Crippen molar-refractivity contribution >= 4 is 63.3 Å². The molecule has 0 bridgehead atoms. The topological polar surface area (TPSA) is 86.6 Å². The molecule has 1 rings (SSSR count). The van der Waals surface area contributed by atoms with Gasteiger partial charge in [-0.05, 0) is 17.7 Å². The van der Waals surface area contributed by atoms with Gasteiger partial charge in [-0.25, -0.2) is 4.79 Å². The molecular formula is C11H14KNO4. The normalized spacial score (nSPS) is 11.1. The number of hydrogen-bond donors (Lipinski definition) is 3. The number of aromatic hydroxyl groups is 1. The Morgan fingerprint density at radius 2 is 1.82 bits per heavy atom. The number of phenolic OH excluding ortho intramolecular Hbond substituents is 1. The number of hydrogen-bond acceptors (Lipinski definition) is 3. The minimum atomic E-state index is -1.08. The van der Waals surface area contributed by atoms with E-state index in [1.54, 1.807) is 12.1 Å². The van der Waals surface area contributed by atoms with Crippen molar-refractivity contribution < 1.29 is 19.8 Å².